The van der Waals surface area contributed by atoms with Gasteiger partial charge >= 0.3 is 0 Å². The van der Waals surface area contributed by atoms with Crippen molar-refractivity contribution in [2.24, 2.45) is 5.92 Å². The molecule has 120 valence electrons. The lowest BCUT2D eigenvalue weighted by atomic mass is 9.92. The van der Waals surface area contributed by atoms with E-state index in [1.165, 1.54) is 0 Å². The minimum absolute atomic E-state index is 0.185. The van der Waals surface area contributed by atoms with Gasteiger partial charge in [0.2, 0.25) is 5.91 Å². The van der Waals surface area contributed by atoms with Crippen LogP contribution >= 0.6 is 0 Å². The van der Waals surface area contributed by atoms with E-state index in [0.29, 0.717) is 12.1 Å². The molecule has 0 spiro atoms. The van der Waals surface area contributed by atoms with Crippen LogP contribution in [0.1, 0.15) is 32.6 Å². The van der Waals surface area contributed by atoms with Crippen LogP contribution in [0.2, 0.25) is 0 Å². The number of nitrogens with one attached hydrogen (secondary N) is 2. The van der Waals surface area contributed by atoms with Crippen LogP contribution in [-0.2, 0) is 4.79 Å². The first-order chi connectivity index (χ1) is 10.7. The molecule has 3 rings (SSSR count). The lowest BCUT2D eigenvalue weighted by molar-refractivity contribution is -0.126. The molecular weight excluding hydrogens is 276 g/mol. The lowest BCUT2D eigenvalue weighted by Gasteiger charge is -2.34. The second kappa shape index (κ2) is 7.09. The van der Waals surface area contributed by atoms with E-state index in [2.05, 4.69) is 33.5 Å². The summed E-state index contributed by atoms with van der Waals surface area (Å²) in [6.45, 7) is 5.04. The van der Waals surface area contributed by atoms with Gasteiger partial charge in [-0.05, 0) is 51.3 Å². The largest absolute Gasteiger partial charge is 0.356 e. The van der Waals surface area contributed by atoms with Crippen molar-refractivity contribution >= 4 is 11.7 Å². The molecule has 22 heavy (non-hydrogen) atoms. The van der Waals surface area contributed by atoms with Crippen molar-refractivity contribution in [1.82, 2.24) is 15.6 Å². The minimum atomic E-state index is 0.185. The molecule has 0 saturated carbocycles. The Morgan fingerprint density at radius 2 is 2.14 bits per heavy atom. The Hall–Kier alpha value is -1.62. The number of piperidine rings is 2. The summed E-state index contributed by atoms with van der Waals surface area (Å²) in [6.07, 6.45) is 5.76. The monoisotopic (exact) mass is 302 g/mol. The molecule has 0 radical (unpaired) electrons. The highest BCUT2D eigenvalue weighted by Crippen LogP contribution is 2.20. The predicted molar refractivity (Wildman–Crippen MR) is 87.8 cm³/mol. The first-order valence-electron chi connectivity index (χ1n) is 8.42. The summed E-state index contributed by atoms with van der Waals surface area (Å²) in [5.41, 5.74) is 0. The number of amides is 1. The average molecular weight is 302 g/mol. The maximum absolute atomic E-state index is 12.4. The van der Waals surface area contributed by atoms with E-state index < -0.39 is 0 Å². The Kier molecular flexibility index (Phi) is 4.93. The standard InChI is InChI=1S/C17H26N4O/c1-13-12-14(5-9-18-13)17(22)20-15-6-10-21(11-7-15)16-4-2-3-8-19-16/h2-4,8,13-15,18H,5-7,9-12H2,1H3,(H,20,22)/t13-,14-/m0/s1. The number of hydrogen-bond donors (Lipinski definition) is 2. The number of pyridine rings is 1. The van der Waals surface area contributed by atoms with Gasteiger partial charge in [-0.15, -0.1) is 0 Å². The van der Waals surface area contributed by atoms with Crippen molar-refractivity contribution in [3.8, 4) is 0 Å². The van der Waals surface area contributed by atoms with E-state index in [0.717, 1.165) is 51.1 Å². The predicted octanol–water partition coefficient (Wildman–Crippen LogP) is 1.55. The van der Waals surface area contributed by atoms with E-state index >= 15 is 0 Å². The van der Waals surface area contributed by atoms with Crippen molar-refractivity contribution in [1.29, 1.82) is 0 Å². The number of aromatic nitrogens is 1. The van der Waals surface area contributed by atoms with Gasteiger partial charge < -0.3 is 15.5 Å². The molecule has 0 aliphatic carbocycles. The maximum atomic E-state index is 12.4. The number of nitrogens with zero attached hydrogens (tertiary/aromatic N) is 2. The molecule has 5 nitrogen and oxygen atoms in total. The van der Waals surface area contributed by atoms with E-state index in [4.69, 9.17) is 0 Å². The number of hydrogen-bond acceptors (Lipinski definition) is 4. The fourth-order valence-corrected chi connectivity index (χ4v) is 3.48. The Bertz CT molecular complexity index is 485. The first-order valence-corrected chi connectivity index (χ1v) is 8.42. The average Bonchev–Trinajstić information content (AvgIpc) is 2.56. The zero-order valence-electron chi connectivity index (χ0n) is 13.3. The van der Waals surface area contributed by atoms with E-state index in [9.17, 15) is 4.79 Å². The third kappa shape index (κ3) is 3.77. The highest BCUT2D eigenvalue weighted by molar-refractivity contribution is 5.79. The van der Waals surface area contributed by atoms with Gasteiger partial charge in [-0.1, -0.05) is 6.07 Å². The second-order valence-electron chi connectivity index (χ2n) is 6.53. The fraction of sp³-hybridized carbons (Fsp3) is 0.647. The summed E-state index contributed by atoms with van der Waals surface area (Å²) in [5, 5.41) is 6.67. The minimum Gasteiger partial charge on any atom is -0.356 e. The third-order valence-corrected chi connectivity index (χ3v) is 4.81. The number of anilines is 1. The van der Waals surface area contributed by atoms with Gasteiger partial charge in [-0.3, -0.25) is 4.79 Å². The van der Waals surface area contributed by atoms with Gasteiger partial charge in [0.1, 0.15) is 5.82 Å². The molecule has 2 saturated heterocycles. The smallest absolute Gasteiger partial charge is 0.223 e. The molecule has 2 aliphatic rings. The summed E-state index contributed by atoms with van der Waals surface area (Å²) in [5.74, 6) is 1.48. The van der Waals surface area contributed by atoms with Gasteiger partial charge in [-0.25, -0.2) is 4.98 Å². The van der Waals surface area contributed by atoms with Crippen molar-refractivity contribution in [3.63, 3.8) is 0 Å². The molecular formula is C17H26N4O. The Balaban J connectivity index is 1.46. The molecule has 1 amide bonds. The van der Waals surface area contributed by atoms with Crippen molar-refractivity contribution in [3.05, 3.63) is 24.4 Å². The SMILES string of the molecule is C[C@H]1C[C@@H](C(=O)NC2CCN(c3ccccn3)CC2)CCN1. The van der Waals surface area contributed by atoms with E-state index in [1.807, 2.05) is 18.3 Å². The molecule has 5 heteroatoms. The zero-order valence-corrected chi connectivity index (χ0v) is 13.3. The molecule has 0 unspecified atom stereocenters. The summed E-state index contributed by atoms with van der Waals surface area (Å²) in [4.78, 5) is 19.1. The Morgan fingerprint density at radius 1 is 1.32 bits per heavy atom. The normalized spacial score (nSPS) is 26.7. The molecule has 0 aromatic carbocycles. The third-order valence-electron chi connectivity index (χ3n) is 4.81. The van der Waals surface area contributed by atoms with Crippen molar-refractivity contribution < 1.29 is 4.79 Å². The van der Waals surface area contributed by atoms with Gasteiger partial charge in [0.05, 0.1) is 0 Å². The molecule has 2 atom stereocenters. The summed E-state index contributed by atoms with van der Waals surface area (Å²) >= 11 is 0. The summed E-state index contributed by atoms with van der Waals surface area (Å²) in [6, 6.07) is 6.79. The topological polar surface area (TPSA) is 57.3 Å². The fourth-order valence-electron chi connectivity index (χ4n) is 3.48. The maximum Gasteiger partial charge on any atom is 0.223 e. The van der Waals surface area contributed by atoms with Crippen LogP contribution in [0.25, 0.3) is 0 Å². The molecule has 2 N–H and O–H groups in total. The van der Waals surface area contributed by atoms with Gasteiger partial charge in [-0.2, -0.15) is 0 Å². The van der Waals surface area contributed by atoms with Crippen molar-refractivity contribution in [2.45, 2.75) is 44.7 Å². The van der Waals surface area contributed by atoms with Crippen LogP contribution in [0, 0.1) is 5.92 Å². The van der Waals surface area contributed by atoms with Crippen molar-refractivity contribution in [2.75, 3.05) is 24.5 Å². The Morgan fingerprint density at radius 3 is 2.82 bits per heavy atom. The first kappa shape index (κ1) is 15.3. The van der Waals surface area contributed by atoms with Gasteiger partial charge in [0.15, 0.2) is 0 Å². The molecule has 3 heterocycles. The van der Waals surface area contributed by atoms with Crippen LogP contribution in [0.3, 0.4) is 0 Å². The van der Waals surface area contributed by atoms with Crippen LogP contribution in [0.4, 0.5) is 5.82 Å². The highest BCUT2D eigenvalue weighted by atomic mass is 16.1. The second-order valence-corrected chi connectivity index (χ2v) is 6.53. The number of carbonyl (C=O) groups is 1. The molecule has 1 aromatic heterocycles. The van der Waals surface area contributed by atoms with Gasteiger partial charge in [0, 0.05) is 37.3 Å². The summed E-state index contributed by atoms with van der Waals surface area (Å²) < 4.78 is 0. The van der Waals surface area contributed by atoms with Crippen LogP contribution in [0.5, 0.6) is 0 Å². The molecule has 2 aliphatic heterocycles. The quantitative estimate of drug-likeness (QED) is 0.889. The van der Waals surface area contributed by atoms with Crippen LogP contribution in [-0.4, -0.2) is 42.6 Å². The van der Waals surface area contributed by atoms with Gasteiger partial charge in [0.25, 0.3) is 0 Å². The lowest BCUT2D eigenvalue weighted by Crippen LogP contribution is -2.49. The molecule has 0 bridgehead atoms. The zero-order chi connectivity index (χ0) is 15.4. The summed E-state index contributed by atoms with van der Waals surface area (Å²) in [7, 11) is 0. The molecule has 2 fully saturated rings. The number of rotatable bonds is 3. The van der Waals surface area contributed by atoms with Crippen LogP contribution in [0.15, 0.2) is 24.4 Å². The molecule has 1 aromatic rings. The Labute approximate surface area is 132 Å². The highest BCUT2D eigenvalue weighted by Gasteiger charge is 2.27. The number of carbonyl (C=O) groups excluding carboxylic acids is 1. The van der Waals surface area contributed by atoms with Crippen LogP contribution < -0.4 is 15.5 Å². The van der Waals surface area contributed by atoms with E-state index in [1.54, 1.807) is 0 Å². The van der Waals surface area contributed by atoms with E-state index in [-0.39, 0.29) is 11.8 Å².